The third-order valence-electron chi connectivity index (χ3n) is 7.98. The number of hydrogen-bond donors (Lipinski definition) is 1. The van der Waals surface area contributed by atoms with E-state index in [0.29, 0.717) is 62.3 Å². The van der Waals surface area contributed by atoms with E-state index in [9.17, 15) is 9.59 Å². The molecule has 0 radical (unpaired) electrons. The van der Waals surface area contributed by atoms with Gasteiger partial charge in [0.2, 0.25) is 5.75 Å². The molecule has 0 aliphatic carbocycles. The minimum absolute atomic E-state index is 0.0369. The molecule has 48 heavy (non-hydrogen) atoms. The highest BCUT2D eigenvalue weighted by Gasteiger charge is 2.28. The molecule has 0 unspecified atom stereocenters. The summed E-state index contributed by atoms with van der Waals surface area (Å²) in [6.45, 7) is 0.110. The highest BCUT2D eigenvalue weighted by Crippen LogP contribution is 2.45. The van der Waals surface area contributed by atoms with Crippen LogP contribution in [-0.4, -0.2) is 51.1 Å². The van der Waals surface area contributed by atoms with Gasteiger partial charge >= 0.3 is 5.97 Å². The summed E-state index contributed by atoms with van der Waals surface area (Å²) < 4.78 is 35.4. The molecule has 0 saturated carbocycles. The summed E-state index contributed by atoms with van der Waals surface area (Å²) in [4.78, 5) is 32.9. The molecule has 0 amide bonds. The fourth-order valence-electron chi connectivity index (χ4n) is 5.70. The summed E-state index contributed by atoms with van der Waals surface area (Å²) in [5.74, 6) is 0.929. The van der Waals surface area contributed by atoms with E-state index in [0.717, 1.165) is 10.9 Å². The minimum Gasteiger partial charge on any atom is -0.493 e. The zero-order valence-corrected chi connectivity index (χ0v) is 27.0. The normalized spacial score (nSPS) is 10.9. The minimum atomic E-state index is -0.753. The Labute approximate surface area is 276 Å². The second kappa shape index (κ2) is 13.2. The third kappa shape index (κ3) is 5.66. The third-order valence-corrected chi connectivity index (χ3v) is 7.98. The van der Waals surface area contributed by atoms with Gasteiger partial charge in [0.25, 0.3) is 5.56 Å². The molecular formula is C37H33N3O8. The molecule has 2 N–H and O–H groups in total. The Balaban J connectivity index is 1.65. The van der Waals surface area contributed by atoms with Crippen LogP contribution in [0, 0.1) is 0 Å². The lowest BCUT2D eigenvalue weighted by molar-refractivity contribution is 0.0591. The van der Waals surface area contributed by atoms with E-state index in [-0.39, 0.29) is 17.7 Å². The van der Waals surface area contributed by atoms with Gasteiger partial charge in [-0.25, -0.2) is 9.78 Å². The van der Waals surface area contributed by atoms with Crippen LogP contribution in [0.5, 0.6) is 28.7 Å². The Hall–Kier alpha value is -6.23. The number of anilines is 1. The summed E-state index contributed by atoms with van der Waals surface area (Å²) in [6.07, 6.45) is 0. The number of ether oxygens (including phenoxy) is 6. The number of esters is 1. The Morgan fingerprint density at radius 3 is 2.06 bits per heavy atom. The quantitative estimate of drug-likeness (QED) is 0.136. The topological polar surface area (TPSA) is 133 Å². The highest BCUT2D eigenvalue weighted by atomic mass is 16.5. The van der Waals surface area contributed by atoms with E-state index in [1.54, 1.807) is 48.5 Å². The number of rotatable bonds is 10. The first-order valence-corrected chi connectivity index (χ1v) is 14.8. The van der Waals surface area contributed by atoms with Gasteiger partial charge in [-0.3, -0.25) is 9.36 Å². The number of para-hydroxylation sites is 1. The summed E-state index contributed by atoms with van der Waals surface area (Å²) in [5, 5.41) is 1.65. The van der Waals surface area contributed by atoms with E-state index >= 15 is 0 Å². The Kier molecular flexibility index (Phi) is 8.76. The number of pyridine rings is 2. The number of nitrogens with two attached hydrogens (primary N) is 1. The fraction of sp³-hybridized carbons (Fsp3) is 0.162. The van der Waals surface area contributed by atoms with E-state index < -0.39 is 11.5 Å². The number of nitrogen functional groups attached to an aromatic ring is 1. The van der Waals surface area contributed by atoms with Crippen molar-refractivity contribution in [3.63, 3.8) is 0 Å². The lowest BCUT2D eigenvalue weighted by Gasteiger charge is -2.21. The first-order chi connectivity index (χ1) is 23.3. The molecule has 0 aliphatic heterocycles. The van der Waals surface area contributed by atoms with Crippen LogP contribution in [0.15, 0.2) is 89.7 Å². The molecule has 6 rings (SSSR count). The van der Waals surface area contributed by atoms with Gasteiger partial charge in [0.05, 0.1) is 52.1 Å². The molecule has 244 valence electrons. The van der Waals surface area contributed by atoms with Gasteiger partial charge in [-0.15, -0.1) is 0 Å². The van der Waals surface area contributed by atoms with Crippen LogP contribution in [0.3, 0.4) is 0 Å². The molecule has 4 aromatic carbocycles. The van der Waals surface area contributed by atoms with Crippen LogP contribution in [0.25, 0.3) is 38.5 Å². The molecule has 6 aromatic rings. The van der Waals surface area contributed by atoms with Crippen molar-refractivity contribution in [3.8, 4) is 45.6 Å². The van der Waals surface area contributed by atoms with E-state index in [1.807, 2.05) is 36.4 Å². The predicted molar refractivity (Wildman–Crippen MR) is 183 cm³/mol. The zero-order valence-electron chi connectivity index (χ0n) is 27.0. The molecule has 11 nitrogen and oxygen atoms in total. The number of benzene rings is 4. The lowest BCUT2D eigenvalue weighted by Crippen LogP contribution is -2.27. The van der Waals surface area contributed by atoms with Crippen molar-refractivity contribution < 1.29 is 33.2 Å². The van der Waals surface area contributed by atoms with Gasteiger partial charge in [0, 0.05) is 27.7 Å². The van der Waals surface area contributed by atoms with Crippen LogP contribution in [-0.2, 0) is 11.3 Å². The van der Waals surface area contributed by atoms with Crippen molar-refractivity contribution >= 4 is 33.3 Å². The molecule has 2 aromatic heterocycles. The molecule has 0 saturated heterocycles. The molecule has 0 aliphatic rings. The maximum absolute atomic E-state index is 14.5. The summed E-state index contributed by atoms with van der Waals surface area (Å²) in [6, 6.07) is 24.9. The maximum atomic E-state index is 14.5. The summed E-state index contributed by atoms with van der Waals surface area (Å²) in [5.41, 5.74) is 8.68. The number of carbonyl (C=O) groups excluding carboxylic acids is 1. The van der Waals surface area contributed by atoms with Crippen molar-refractivity contribution in [2.75, 3.05) is 41.3 Å². The van der Waals surface area contributed by atoms with Crippen molar-refractivity contribution in [2.45, 2.75) is 6.61 Å². The summed E-state index contributed by atoms with van der Waals surface area (Å²) >= 11 is 0. The Bertz CT molecular complexity index is 2200. The van der Waals surface area contributed by atoms with Crippen molar-refractivity contribution in [3.05, 3.63) is 107 Å². The number of carbonyl (C=O) groups is 1. The Morgan fingerprint density at radius 1 is 0.750 bits per heavy atom. The second-order valence-corrected chi connectivity index (χ2v) is 10.7. The van der Waals surface area contributed by atoms with Gasteiger partial charge in [0.15, 0.2) is 23.0 Å². The predicted octanol–water partition coefficient (Wildman–Crippen LogP) is 6.19. The van der Waals surface area contributed by atoms with Crippen molar-refractivity contribution in [2.24, 2.45) is 0 Å². The monoisotopic (exact) mass is 647 g/mol. The Morgan fingerprint density at radius 2 is 1.42 bits per heavy atom. The molecule has 0 fully saturated rings. The maximum Gasteiger partial charge on any atom is 0.355 e. The molecule has 0 atom stereocenters. The molecule has 0 bridgehead atoms. The largest absolute Gasteiger partial charge is 0.493 e. The smallest absolute Gasteiger partial charge is 0.355 e. The first kappa shape index (κ1) is 31.7. The van der Waals surface area contributed by atoms with Crippen molar-refractivity contribution in [1.29, 1.82) is 0 Å². The van der Waals surface area contributed by atoms with Gasteiger partial charge < -0.3 is 34.2 Å². The van der Waals surface area contributed by atoms with Crippen LogP contribution in [0.1, 0.15) is 16.2 Å². The number of fused-ring (bicyclic) bond motifs is 2. The fourth-order valence-corrected chi connectivity index (χ4v) is 5.70. The van der Waals surface area contributed by atoms with Gasteiger partial charge in [-0.2, -0.15) is 0 Å². The number of nitrogens with zero attached hydrogens (tertiary/aromatic N) is 2. The van der Waals surface area contributed by atoms with Crippen molar-refractivity contribution in [1.82, 2.24) is 9.55 Å². The number of hydrogen-bond acceptors (Lipinski definition) is 10. The lowest BCUT2D eigenvalue weighted by atomic mass is 9.95. The van der Waals surface area contributed by atoms with Gasteiger partial charge in [0.1, 0.15) is 12.3 Å². The SMILES string of the molecule is COC(=O)c1c(-c2cc(OC)c(OC)c(OC)c2)c2cc(OC)c(OCc3ccc4ccccc4n3)cc2c(=O)n1-c1ccc(N)cc1. The van der Waals surface area contributed by atoms with Gasteiger partial charge in [-0.1, -0.05) is 24.3 Å². The number of methoxy groups -OCH3 is 5. The standard InChI is InChI=1S/C37H33N3O8/c1-43-29-18-26-27(19-30(29)48-20-24-13-10-21-8-6-7-9-28(21)39-24)36(41)40(25-14-11-23(38)12-15-25)34(37(42)47-5)33(26)22-16-31(44-2)35(46-4)32(17-22)45-3/h6-19H,20,38H2,1-5H3. The second-order valence-electron chi connectivity index (χ2n) is 10.7. The van der Waals surface area contributed by atoms with Gasteiger partial charge in [-0.05, 0) is 66.2 Å². The molecule has 0 spiro atoms. The van der Waals surface area contributed by atoms with Crippen LogP contribution in [0.4, 0.5) is 5.69 Å². The van der Waals surface area contributed by atoms with Crippen LogP contribution in [0.2, 0.25) is 0 Å². The van der Waals surface area contributed by atoms with E-state index in [1.165, 1.54) is 40.1 Å². The molecular weight excluding hydrogens is 614 g/mol. The van der Waals surface area contributed by atoms with Crippen LogP contribution < -0.4 is 35.0 Å². The molecule has 2 heterocycles. The average molecular weight is 648 g/mol. The highest BCUT2D eigenvalue weighted by molar-refractivity contribution is 6.08. The zero-order chi connectivity index (χ0) is 33.9. The van der Waals surface area contributed by atoms with Crippen LogP contribution >= 0.6 is 0 Å². The first-order valence-electron chi connectivity index (χ1n) is 14.8. The molecule has 11 heteroatoms. The average Bonchev–Trinajstić information content (AvgIpc) is 3.12. The summed E-state index contributed by atoms with van der Waals surface area (Å²) in [7, 11) is 7.23. The number of aromatic nitrogens is 2. The van der Waals surface area contributed by atoms with E-state index in [4.69, 9.17) is 39.1 Å². The van der Waals surface area contributed by atoms with E-state index in [2.05, 4.69) is 0 Å².